The quantitative estimate of drug-likeness (QED) is 0.394. The van der Waals surface area contributed by atoms with Crippen molar-refractivity contribution < 1.29 is 27.5 Å². The number of hydrogen-bond donors (Lipinski definition) is 1. The Hall–Kier alpha value is -2.00. The summed E-state index contributed by atoms with van der Waals surface area (Å²) in [7, 11) is 0. The van der Waals surface area contributed by atoms with Crippen LogP contribution in [0.3, 0.4) is 0 Å². The highest BCUT2D eigenvalue weighted by molar-refractivity contribution is 9.10. The molecule has 2 aromatic carbocycles. The maximum atomic E-state index is 14.1. The van der Waals surface area contributed by atoms with Crippen LogP contribution in [0.2, 0.25) is 0 Å². The lowest BCUT2D eigenvalue weighted by Gasteiger charge is -2.17. The van der Waals surface area contributed by atoms with Crippen LogP contribution >= 0.6 is 27.7 Å². The van der Waals surface area contributed by atoms with Crippen LogP contribution in [0, 0.1) is 11.7 Å². The van der Waals surface area contributed by atoms with Gasteiger partial charge in [-0.05, 0) is 58.7 Å². The van der Waals surface area contributed by atoms with Crippen molar-refractivity contribution in [3.05, 3.63) is 57.9 Å². The first-order valence-electron chi connectivity index (χ1n) is 9.17. The Kier molecular flexibility index (Phi) is 5.38. The minimum atomic E-state index is -4.42. The van der Waals surface area contributed by atoms with Crippen LogP contribution in [0.25, 0.3) is 10.9 Å². The van der Waals surface area contributed by atoms with Crippen LogP contribution in [0.5, 0.6) is 0 Å². The molecule has 3 nitrogen and oxygen atoms in total. The van der Waals surface area contributed by atoms with E-state index in [9.17, 15) is 27.5 Å². The van der Waals surface area contributed by atoms with Gasteiger partial charge in [-0.25, -0.2) is 4.39 Å². The van der Waals surface area contributed by atoms with Crippen molar-refractivity contribution in [2.75, 3.05) is 0 Å². The molecule has 0 bridgehead atoms. The van der Waals surface area contributed by atoms with E-state index in [4.69, 9.17) is 0 Å². The average Bonchev–Trinajstić information content (AvgIpc) is 3.21. The Labute approximate surface area is 182 Å². The van der Waals surface area contributed by atoms with Crippen molar-refractivity contribution >= 4 is 44.6 Å². The fourth-order valence-corrected chi connectivity index (χ4v) is 5.93. The van der Waals surface area contributed by atoms with Gasteiger partial charge in [0.05, 0.1) is 17.0 Å². The first kappa shape index (κ1) is 21.2. The monoisotopic (exact) mass is 501 g/mol. The van der Waals surface area contributed by atoms with Crippen LogP contribution in [-0.4, -0.2) is 15.6 Å². The summed E-state index contributed by atoms with van der Waals surface area (Å²) in [5.74, 6) is -2.27. The summed E-state index contributed by atoms with van der Waals surface area (Å²) in [6, 6.07) is 7.58. The molecular formula is C21H16BrF4NO2S. The molecule has 1 unspecified atom stereocenters. The van der Waals surface area contributed by atoms with Crippen LogP contribution in [-0.2, 0) is 17.5 Å². The molecule has 9 heteroatoms. The number of carboxylic acid groups (broad SMARTS) is 1. The minimum absolute atomic E-state index is 0.276. The van der Waals surface area contributed by atoms with E-state index >= 15 is 0 Å². The van der Waals surface area contributed by atoms with Crippen LogP contribution in [0.4, 0.5) is 17.6 Å². The second-order valence-electron chi connectivity index (χ2n) is 7.29. The van der Waals surface area contributed by atoms with Gasteiger partial charge < -0.3 is 9.67 Å². The van der Waals surface area contributed by atoms with Gasteiger partial charge in [0, 0.05) is 37.8 Å². The third-order valence-electron chi connectivity index (χ3n) is 5.49. The number of carboxylic acids is 1. The molecule has 1 aliphatic rings. The number of alkyl halides is 3. The highest BCUT2D eigenvalue weighted by Gasteiger charge is 2.37. The number of nitrogens with zero attached hydrogens (tertiary/aromatic N) is 1. The van der Waals surface area contributed by atoms with E-state index in [-0.39, 0.29) is 5.92 Å². The van der Waals surface area contributed by atoms with Crippen molar-refractivity contribution in [2.45, 2.75) is 41.8 Å². The number of hydrogen-bond acceptors (Lipinski definition) is 2. The van der Waals surface area contributed by atoms with Crippen molar-refractivity contribution in [1.82, 2.24) is 4.57 Å². The standard InChI is InChI=1S/C21H16BrF4NO2S/c1-10(20(28)29)14-6-7-27-16-9-12(23)8-15(22)17(16)19(18(14)27)30-13-4-2-11(3-5-13)21(24,25)26/h2-5,8-10,14H,6-7H2,1H3,(H,28,29)/t10?,14-/m1/s1. The predicted octanol–water partition coefficient (Wildman–Crippen LogP) is 6.92. The van der Waals surface area contributed by atoms with Gasteiger partial charge in [0.25, 0.3) is 0 Å². The fraction of sp³-hybridized carbons (Fsp3) is 0.286. The number of aliphatic carboxylic acids is 1. The van der Waals surface area contributed by atoms with Crippen LogP contribution < -0.4 is 0 Å². The first-order valence-corrected chi connectivity index (χ1v) is 10.8. The van der Waals surface area contributed by atoms with Gasteiger partial charge in [0.1, 0.15) is 5.82 Å². The molecule has 4 rings (SSSR count). The second kappa shape index (κ2) is 7.60. The number of carbonyl (C=O) groups is 1. The summed E-state index contributed by atoms with van der Waals surface area (Å²) < 4.78 is 55.2. The third-order valence-corrected chi connectivity index (χ3v) is 7.24. The predicted molar refractivity (Wildman–Crippen MR) is 109 cm³/mol. The molecule has 0 saturated heterocycles. The highest BCUT2D eigenvalue weighted by atomic mass is 79.9. The molecule has 1 aromatic heterocycles. The van der Waals surface area contributed by atoms with E-state index in [2.05, 4.69) is 15.9 Å². The van der Waals surface area contributed by atoms with Crippen molar-refractivity contribution in [1.29, 1.82) is 0 Å². The van der Waals surface area contributed by atoms with Gasteiger partial charge in [0.15, 0.2) is 0 Å². The zero-order valence-electron chi connectivity index (χ0n) is 15.6. The Morgan fingerprint density at radius 2 is 1.93 bits per heavy atom. The molecule has 0 spiro atoms. The Bertz CT molecular complexity index is 1140. The second-order valence-corrected chi connectivity index (χ2v) is 9.23. The molecule has 0 saturated carbocycles. The maximum absolute atomic E-state index is 14.1. The van der Waals surface area contributed by atoms with Gasteiger partial charge in [-0.1, -0.05) is 18.7 Å². The largest absolute Gasteiger partial charge is 0.481 e. The number of benzene rings is 2. The molecule has 1 aliphatic heterocycles. The number of aryl methyl sites for hydroxylation is 1. The normalized spacial score (nSPS) is 17.3. The van der Waals surface area contributed by atoms with E-state index < -0.39 is 29.4 Å². The molecular weight excluding hydrogens is 486 g/mol. The third kappa shape index (κ3) is 3.62. The van der Waals surface area contributed by atoms with E-state index in [1.54, 1.807) is 6.92 Å². The van der Waals surface area contributed by atoms with E-state index in [0.29, 0.717) is 27.9 Å². The Balaban J connectivity index is 1.86. The summed E-state index contributed by atoms with van der Waals surface area (Å²) in [6.45, 7) is 2.19. The summed E-state index contributed by atoms with van der Waals surface area (Å²) in [5.41, 5.74) is 0.696. The number of aromatic nitrogens is 1. The average molecular weight is 502 g/mol. The zero-order valence-corrected chi connectivity index (χ0v) is 18.0. The fourth-order valence-electron chi connectivity index (χ4n) is 3.98. The molecule has 158 valence electrons. The summed E-state index contributed by atoms with van der Waals surface area (Å²) in [6.07, 6.45) is -3.82. The van der Waals surface area contributed by atoms with Crippen molar-refractivity contribution in [3.63, 3.8) is 0 Å². The summed E-state index contributed by atoms with van der Waals surface area (Å²) in [5, 5.41) is 10.3. The molecule has 2 heterocycles. The van der Waals surface area contributed by atoms with Crippen LogP contribution in [0.15, 0.2) is 50.7 Å². The van der Waals surface area contributed by atoms with Crippen molar-refractivity contribution in [3.8, 4) is 0 Å². The van der Waals surface area contributed by atoms with Gasteiger partial charge in [-0.2, -0.15) is 13.2 Å². The molecule has 2 atom stereocenters. The van der Waals surface area contributed by atoms with Gasteiger partial charge in [-0.3, -0.25) is 4.79 Å². The summed E-state index contributed by atoms with van der Waals surface area (Å²) >= 11 is 4.67. The molecule has 0 aliphatic carbocycles. The Morgan fingerprint density at radius 1 is 1.27 bits per heavy atom. The first-order chi connectivity index (χ1) is 14.1. The van der Waals surface area contributed by atoms with E-state index in [1.165, 1.54) is 36.0 Å². The lowest BCUT2D eigenvalue weighted by atomic mass is 9.90. The van der Waals surface area contributed by atoms with E-state index in [1.807, 2.05) is 4.57 Å². The number of rotatable bonds is 4. The molecule has 1 N–H and O–H groups in total. The maximum Gasteiger partial charge on any atom is 0.416 e. The Morgan fingerprint density at radius 3 is 2.53 bits per heavy atom. The number of fused-ring (bicyclic) bond motifs is 3. The van der Waals surface area contributed by atoms with E-state index in [0.717, 1.165) is 28.1 Å². The lowest BCUT2D eigenvalue weighted by molar-refractivity contribution is -0.142. The lowest BCUT2D eigenvalue weighted by Crippen LogP contribution is -2.17. The smallest absolute Gasteiger partial charge is 0.416 e. The molecule has 3 aromatic rings. The molecule has 0 fully saturated rings. The van der Waals surface area contributed by atoms with Gasteiger partial charge in [0.2, 0.25) is 0 Å². The molecule has 30 heavy (non-hydrogen) atoms. The van der Waals surface area contributed by atoms with Crippen molar-refractivity contribution in [2.24, 2.45) is 5.92 Å². The minimum Gasteiger partial charge on any atom is -0.481 e. The van der Waals surface area contributed by atoms with Gasteiger partial charge >= 0.3 is 12.1 Å². The number of halogens is 5. The van der Waals surface area contributed by atoms with Crippen LogP contribution in [0.1, 0.15) is 30.5 Å². The summed E-state index contributed by atoms with van der Waals surface area (Å²) in [4.78, 5) is 13.0. The topological polar surface area (TPSA) is 42.2 Å². The molecule has 0 radical (unpaired) electrons. The highest BCUT2D eigenvalue weighted by Crippen LogP contribution is 2.50. The zero-order chi connectivity index (χ0) is 21.8. The molecule has 0 amide bonds. The SMILES string of the molecule is CC(C(=O)O)[C@H]1CCn2c1c(Sc1ccc(C(F)(F)F)cc1)c1c(Br)cc(F)cc12. The van der Waals surface area contributed by atoms with Gasteiger partial charge in [-0.15, -0.1) is 0 Å².